The Balaban J connectivity index is 1.67. The van der Waals surface area contributed by atoms with Crippen molar-refractivity contribution in [3.63, 3.8) is 0 Å². The highest BCUT2D eigenvalue weighted by molar-refractivity contribution is 7.80. The number of H-pyrrole nitrogens is 1. The fourth-order valence-corrected chi connectivity index (χ4v) is 4.14. The van der Waals surface area contributed by atoms with Gasteiger partial charge in [0.05, 0.1) is 6.54 Å². The van der Waals surface area contributed by atoms with Crippen molar-refractivity contribution in [3.8, 4) is 0 Å². The zero-order valence-electron chi connectivity index (χ0n) is 18.9. The van der Waals surface area contributed by atoms with Crippen LogP contribution in [-0.2, 0) is 13.1 Å². The summed E-state index contributed by atoms with van der Waals surface area (Å²) in [6.45, 7) is 6.82. The maximum Gasteiger partial charge on any atom is 0.253 e. The Morgan fingerprint density at radius 2 is 1.64 bits per heavy atom. The molecule has 168 valence electrons. The molecule has 33 heavy (non-hydrogen) atoms. The molecule has 0 saturated heterocycles. The summed E-state index contributed by atoms with van der Waals surface area (Å²) in [5.41, 5.74) is 6.42. The van der Waals surface area contributed by atoms with Crippen molar-refractivity contribution in [1.29, 1.82) is 0 Å². The lowest BCUT2D eigenvalue weighted by molar-refractivity contribution is 0.411. The fourth-order valence-electron chi connectivity index (χ4n) is 3.89. The predicted molar refractivity (Wildman–Crippen MR) is 137 cm³/mol. The predicted octanol–water partition coefficient (Wildman–Crippen LogP) is 5.99. The highest BCUT2D eigenvalue weighted by Gasteiger charge is 2.15. The van der Waals surface area contributed by atoms with Crippen LogP contribution in [0.15, 0.2) is 71.5 Å². The van der Waals surface area contributed by atoms with Crippen LogP contribution in [0.2, 0.25) is 0 Å². The summed E-state index contributed by atoms with van der Waals surface area (Å²) in [7, 11) is 0. The third-order valence-corrected chi connectivity index (χ3v) is 5.99. The first-order valence-electron chi connectivity index (χ1n) is 10.8. The van der Waals surface area contributed by atoms with Gasteiger partial charge in [-0.25, -0.2) is 4.39 Å². The molecule has 4 rings (SSSR count). The van der Waals surface area contributed by atoms with Crippen LogP contribution in [0.5, 0.6) is 0 Å². The van der Waals surface area contributed by atoms with Crippen LogP contribution in [0.4, 0.5) is 10.1 Å². The van der Waals surface area contributed by atoms with Gasteiger partial charge in [0.1, 0.15) is 5.82 Å². The number of rotatable bonds is 5. The molecule has 0 saturated carbocycles. The molecule has 0 bridgehead atoms. The van der Waals surface area contributed by atoms with E-state index >= 15 is 0 Å². The van der Waals surface area contributed by atoms with E-state index in [1.165, 1.54) is 12.1 Å². The highest BCUT2D eigenvalue weighted by Crippen LogP contribution is 2.20. The number of nitrogens with one attached hydrogen (secondary N) is 2. The molecular weight excluding hydrogens is 433 g/mol. The average molecular weight is 460 g/mol. The first kappa shape index (κ1) is 22.7. The molecule has 0 amide bonds. The van der Waals surface area contributed by atoms with Crippen molar-refractivity contribution in [2.45, 2.75) is 33.9 Å². The summed E-state index contributed by atoms with van der Waals surface area (Å²) >= 11 is 5.72. The molecule has 0 radical (unpaired) electrons. The molecule has 0 fully saturated rings. The third-order valence-electron chi connectivity index (χ3n) is 5.63. The molecule has 0 atom stereocenters. The minimum absolute atomic E-state index is 0.144. The van der Waals surface area contributed by atoms with E-state index < -0.39 is 0 Å². The molecule has 0 spiro atoms. The van der Waals surface area contributed by atoms with E-state index in [2.05, 4.69) is 16.4 Å². The summed E-state index contributed by atoms with van der Waals surface area (Å²) in [6.07, 6.45) is 0. The largest absolute Gasteiger partial charge is 0.340 e. The molecule has 0 aliphatic carbocycles. The van der Waals surface area contributed by atoms with Gasteiger partial charge in [-0.2, -0.15) is 0 Å². The summed E-state index contributed by atoms with van der Waals surface area (Å²) < 4.78 is 13.4. The molecule has 4 nitrogen and oxygen atoms in total. The molecular formula is C27H26FN3OS. The van der Waals surface area contributed by atoms with Gasteiger partial charge in [0.2, 0.25) is 0 Å². The van der Waals surface area contributed by atoms with E-state index in [1.807, 2.05) is 62.1 Å². The van der Waals surface area contributed by atoms with Crippen LogP contribution in [0.1, 0.15) is 27.8 Å². The smallest absolute Gasteiger partial charge is 0.253 e. The third kappa shape index (κ3) is 5.46. The van der Waals surface area contributed by atoms with Crippen LogP contribution in [0.3, 0.4) is 0 Å². The van der Waals surface area contributed by atoms with Gasteiger partial charge in [0.25, 0.3) is 5.56 Å². The van der Waals surface area contributed by atoms with Crippen LogP contribution in [0.25, 0.3) is 10.9 Å². The van der Waals surface area contributed by atoms with Gasteiger partial charge in [-0.15, -0.1) is 0 Å². The van der Waals surface area contributed by atoms with Crippen LogP contribution in [-0.4, -0.2) is 15.0 Å². The minimum atomic E-state index is -0.289. The average Bonchev–Trinajstić information content (AvgIpc) is 2.77. The lowest BCUT2D eigenvalue weighted by Gasteiger charge is -2.26. The summed E-state index contributed by atoms with van der Waals surface area (Å²) in [5.74, 6) is -0.289. The van der Waals surface area contributed by atoms with E-state index in [-0.39, 0.29) is 11.4 Å². The Morgan fingerprint density at radius 1 is 0.939 bits per heavy atom. The van der Waals surface area contributed by atoms with Crippen LogP contribution >= 0.6 is 12.2 Å². The quantitative estimate of drug-likeness (QED) is 0.360. The van der Waals surface area contributed by atoms with E-state index in [0.717, 1.165) is 38.8 Å². The van der Waals surface area contributed by atoms with Crippen molar-refractivity contribution >= 4 is 33.9 Å². The molecule has 0 aliphatic heterocycles. The molecule has 0 unspecified atom stereocenters. The Morgan fingerprint density at radius 3 is 2.33 bits per heavy atom. The molecule has 6 heteroatoms. The van der Waals surface area contributed by atoms with Crippen LogP contribution < -0.4 is 10.9 Å². The standard InChI is InChI=1S/C27H26FN3OS/c1-17-4-10-23(11-5-17)29-27(33)31(15-20-6-8-22(28)9-7-20)16-21-14-24-19(3)12-18(2)13-25(24)30-26(21)32/h4-14H,15-16H2,1-3H3,(H,29,33)(H,30,32). The minimum Gasteiger partial charge on any atom is -0.340 e. The normalized spacial score (nSPS) is 10.9. The second-order valence-corrected chi connectivity index (χ2v) is 8.83. The van der Waals surface area contributed by atoms with Gasteiger partial charge < -0.3 is 15.2 Å². The Hall–Kier alpha value is -3.51. The number of benzene rings is 3. The van der Waals surface area contributed by atoms with Gasteiger partial charge in [-0.05, 0) is 86.1 Å². The van der Waals surface area contributed by atoms with E-state index in [4.69, 9.17) is 12.2 Å². The fraction of sp³-hybridized carbons (Fsp3) is 0.185. The van der Waals surface area contributed by atoms with Crippen molar-refractivity contribution in [3.05, 3.63) is 111 Å². The van der Waals surface area contributed by atoms with E-state index in [9.17, 15) is 9.18 Å². The topological polar surface area (TPSA) is 48.1 Å². The molecule has 2 N–H and O–H groups in total. The monoisotopic (exact) mass is 459 g/mol. The lowest BCUT2D eigenvalue weighted by atomic mass is 10.0. The zero-order valence-corrected chi connectivity index (χ0v) is 19.7. The number of aromatic amines is 1. The van der Waals surface area contributed by atoms with Crippen molar-refractivity contribution in [1.82, 2.24) is 9.88 Å². The molecule has 3 aromatic carbocycles. The number of aromatic nitrogens is 1. The maximum absolute atomic E-state index is 13.4. The second-order valence-electron chi connectivity index (χ2n) is 8.45. The molecule has 4 aromatic rings. The van der Waals surface area contributed by atoms with Crippen molar-refractivity contribution in [2.24, 2.45) is 0 Å². The number of pyridine rings is 1. The molecule has 1 heterocycles. The Kier molecular flexibility index (Phi) is 6.56. The SMILES string of the molecule is Cc1ccc(NC(=S)N(Cc2ccc(F)cc2)Cc2cc3c(C)cc(C)cc3[nH]c2=O)cc1. The van der Waals surface area contributed by atoms with Crippen molar-refractivity contribution in [2.75, 3.05) is 5.32 Å². The van der Waals surface area contributed by atoms with Crippen molar-refractivity contribution < 1.29 is 4.39 Å². The number of fused-ring (bicyclic) bond motifs is 1. The van der Waals surface area contributed by atoms with E-state index in [1.54, 1.807) is 12.1 Å². The van der Waals surface area contributed by atoms with Gasteiger partial charge >= 0.3 is 0 Å². The van der Waals surface area contributed by atoms with Gasteiger partial charge in [-0.1, -0.05) is 35.9 Å². The summed E-state index contributed by atoms with van der Waals surface area (Å²) in [4.78, 5) is 17.8. The number of aryl methyl sites for hydroxylation is 3. The first-order chi connectivity index (χ1) is 15.8. The molecule has 0 aliphatic rings. The Bertz CT molecular complexity index is 1360. The highest BCUT2D eigenvalue weighted by atomic mass is 32.1. The number of hydrogen-bond acceptors (Lipinski definition) is 2. The van der Waals surface area contributed by atoms with Gasteiger partial charge in [0.15, 0.2) is 5.11 Å². The first-order valence-corrected chi connectivity index (χ1v) is 11.2. The number of halogens is 1. The van der Waals surface area contributed by atoms with Gasteiger partial charge in [0, 0.05) is 28.7 Å². The Labute approximate surface area is 198 Å². The summed E-state index contributed by atoms with van der Waals surface area (Å²) in [5, 5.41) is 4.77. The van der Waals surface area contributed by atoms with Crippen LogP contribution in [0, 0.1) is 26.6 Å². The zero-order chi connectivity index (χ0) is 23.5. The second kappa shape index (κ2) is 9.55. The maximum atomic E-state index is 13.4. The van der Waals surface area contributed by atoms with Gasteiger partial charge in [-0.3, -0.25) is 4.79 Å². The summed E-state index contributed by atoms with van der Waals surface area (Å²) in [6, 6.07) is 20.3. The number of anilines is 1. The number of nitrogens with zero attached hydrogens (tertiary/aromatic N) is 1. The van der Waals surface area contributed by atoms with E-state index in [0.29, 0.717) is 23.8 Å². The lowest BCUT2D eigenvalue weighted by Crippen LogP contribution is -2.35. The number of thiocarbonyl (C=S) groups is 1. The molecule has 1 aromatic heterocycles. The number of hydrogen-bond donors (Lipinski definition) is 2.